The first-order valence-electron chi connectivity index (χ1n) is 8.64. The number of rotatable bonds is 4. The molecule has 0 aliphatic carbocycles. The quantitative estimate of drug-likeness (QED) is 0.731. The number of nitrogens with zero attached hydrogens (tertiary/aromatic N) is 3. The predicted molar refractivity (Wildman–Crippen MR) is 109 cm³/mol. The Kier molecular flexibility index (Phi) is 6.06. The topological polar surface area (TPSA) is 70.0 Å². The van der Waals surface area contributed by atoms with Gasteiger partial charge in [-0.1, -0.05) is 24.8 Å². The first-order chi connectivity index (χ1) is 13.6. The minimum atomic E-state index is -3.63. The summed E-state index contributed by atoms with van der Waals surface area (Å²) in [6.45, 7) is 2.19. The average Bonchev–Trinajstić information content (AvgIpc) is 3.01. The van der Waals surface area contributed by atoms with Crippen molar-refractivity contribution in [3.05, 3.63) is 59.7 Å². The first-order valence-corrected chi connectivity index (χ1v) is 11.0. The minimum Gasteiger partial charge on any atom is -0.286 e. The van der Waals surface area contributed by atoms with Crippen molar-refractivity contribution >= 4 is 38.5 Å². The molecular weight excluding hydrogens is 420 g/mol. The number of benzene rings is 2. The lowest BCUT2D eigenvalue weighted by molar-refractivity contribution is 0.0851. The van der Waals surface area contributed by atoms with Gasteiger partial charge in [-0.05, 0) is 30.3 Å². The smallest absolute Gasteiger partial charge is 0.262 e. The van der Waals surface area contributed by atoms with Gasteiger partial charge in [0.15, 0.2) is 5.17 Å². The van der Waals surface area contributed by atoms with Crippen molar-refractivity contribution in [1.82, 2.24) is 9.21 Å². The Balaban J connectivity index is 1.97. The molecule has 0 spiro atoms. The molecule has 1 heterocycles. The van der Waals surface area contributed by atoms with Crippen molar-refractivity contribution < 1.29 is 22.0 Å². The fourth-order valence-electron chi connectivity index (χ4n) is 2.72. The molecular formula is C19H19F2N3O3S2. The monoisotopic (exact) mass is 439 g/mol. The molecule has 1 aliphatic heterocycles. The van der Waals surface area contributed by atoms with Crippen LogP contribution in [0.2, 0.25) is 0 Å². The molecule has 0 saturated carbocycles. The zero-order valence-electron chi connectivity index (χ0n) is 16.0. The number of amides is 1. The molecule has 1 atom stereocenters. The summed E-state index contributed by atoms with van der Waals surface area (Å²) in [7, 11) is -0.773. The molecule has 1 unspecified atom stereocenters. The van der Waals surface area contributed by atoms with E-state index >= 15 is 0 Å². The highest BCUT2D eigenvalue weighted by atomic mass is 32.2. The van der Waals surface area contributed by atoms with Crippen LogP contribution in [-0.4, -0.2) is 54.6 Å². The van der Waals surface area contributed by atoms with Gasteiger partial charge < -0.3 is 0 Å². The van der Waals surface area contributed by atoms with Crippen LogP contribution in [0.3, 0.4) is 0 Å². The van der Waals surface area contributed by atoms with Crippen LogP contribution < -0.4 is 0 Å². The number of carbonyl (C=O) groups excluding carboxylic acids is 1. The number of aliphatic imine (C=N–C) groups is 1. The van der Waals surface area contributed by atoms with Crippen LogP contribution in [0.1, 0.15) is 17.3 Å². The van der Waals surface area contributed by atoms with E-state index in [1.807, 2.05) is 6.92 Å². The second-order valence-corrected chi connectivity index (χ2v) is 10.2. The van der Waals surface area contributed by atoms with Gasteiger partial charge in [-0.15, -0.1) is 0 Å². The maximum absolute atomic E-state index is 14.1. The van der Waals surface area contributed by atoms with Crippen molar-refractivity contribution in [2.24, 2.45) is 4.99 Å². The summed E-state index contributed by atoms with van der Waals surface area (Å²) in [5.41, 5.74) is 0.0969. The minimum absolute atomic E-state index is 0.00917. The zero-order valence-corrected chi connectivity index (χ0v) is 17.6. The van der Waals surface area contributed by atoms with E-state index in [0.717, 1.165) is 16.4 Å². The second kappa shape index (κ2) is 8.21. The van der Waals surface area contributed by atoms with Gasteiger partial charge in [0, 0.05) is 32.0 Å². The fraction of sp³-hybridized carbons (Fsp3) is 0.263. The molecule has 0 bridgehead atoms. The van der Waals surface area contributed by atoms with E-state index in [1.54, 1.807) is 12.1 Å². The molecule has 29 heavy (non-hydrogen) atoms. The molecule has 3 rings (SSSR count). The van der Waals surface area contributed by atoms with Gasteiger partial charge in [-0.3, -0.25) is 9.69 Å². The maximum atomic E-state index is 14.1. The highest BCUT2D eigenvalue weighted by Crippen LogP contribution is 2.30. The van der Waals surface area contributed by atoms with Gasteiger partial charge >= 0.3 is 0 Å². The Morgan fingerprint density at radius 2 is 1.93 bits per heavy atom. The second-order valence-electron chi connectivity index (χ2n) is 6.65. The van der Waals surface area contributed by atoms with E-state index < -0.39 is 27.6 Å². The van der Waals surface area contributed by atoms with Gasteiger partial charge in [0.2, 0.25) is 10.0 Å². The number of sulfonamides is 1. The lowest BCUT2D eigenvalue weighted by atomic mass is 10.2. The number of thioether (sulfide) groups is 1. The molecule has 154 valence electrons. The number of amidine groups is 1. The third-order valence-corrected chi connectivity index (χ3v) is 7.09. The van der Waals surface area contributed by atoms with E-state index in [1.165, 1.54) is 42.9 Å². The molecule has 6 nitrogen and oxygen atoms in total. The molecule has 2 aromatic rings. The molecule has 1 fully saturated rings. The molecule has 1 amide bonds. The van der Waals surface area contributed by atoms with Gasteiger partial charge in [0.05, 0.1) is 16.1 Å². The normalized spacial score (nSPS) is 18.6. The van der Waals surface area contributed by atoms with Gasteiger partial charge in [0.1, 0.15) is 11.6 Å². The number of halogens is 2. The Morgan fingerprint density at radius 3 is 2.59 bits per heavy atom. The van der Waals surface area contributed by atoms with E-state index in [0.29, 0.717) is 23.5 Å². The third-order valence-electron chi connectivity index (χ3n) is 4.20. The SMILES string of the molecule is CC1CN(C(=O)c2ccc(F)cc2F)C(=Nc2cccc(S(=O)(=O)N(C)C)c2)S1. The molecule has 0 aromatic heterocycles. The standard InChI is InChI=1S/C19H19F2N3O3S2/c1-12-11-24(18(25)16-8-7-13(20)9-17(16)21)19(28-12)22-14-5-4-6-15(10-14)29(26,27)23(2)3/h4-10,12H,11H2,1-3H3. The van der Waals surface area contributed by atoms with Crippen LogP contribution >= 0.6 is 11.8 Å². The molecule has 2 aromatic carbocycles. The Morgan fingerprint density at radius 1 is 1.21 bits per heavy atom. The highest BCUT2D eigenvalue weighted by molar-refractivity contribution is 8.14. The van der Waals surface area contributed by atoms with Gasteiger partial charge in [-0.25, -0.2) is 26.5 Å². The van der Waals surface area contributed by atoms with E-state index in [2.05, 4.69) is 4.99 Å². The largest absolute Gasteiger partial charge is 0.286 e. The summed E-state index contributed by atoms with van der Waals surface area (Å²) >= 11 is 1.32. The molecule has 1 saturated heterocycles. The van der Waals surface area contributed by atoms with Crippen LogP contribution in [0, 0.1) is 11.6 Å². The van der Waals surface area contributed by atoms with Crippen LogP contribution in [0.25, 0.3) is 0 Å². The molecule has 1 aliphatic rings. The number of hydrogen-bond donors (Lipinski definition) is 0. The van der Waals surface area contributed by atoms with Crippen molar-refractivity contribution in [3.63, 3.8) is 0 Å². The summed E-state index contributed by atoms with van der Waals surface area (Å²) in [6, 6.07) is 8.83. The summed E-state index contributed by atoms with van der Waals surface area (Å²) in [5, 5.41) is 0.334. The molecule has 10 heteroatoms. The molecule has 0 N–H and O–H groups in total. The number of hydrogen-bond acceptors (Lipinski definition) is 5. The highest BCUT2D eigenvalue weighted by Gasteiger charge is 2.32. The maximum Gasteiger partial charge on any atom is 0.262 e. The van der Waals surface area contributed by atoms with Crippen molar-refractivity contribution in [2.45, 2.75) is 17.1 Å². The summed E-state index contributed by atoms with van der Waals surface area (Å²) in [4.78, 5) is 18.6. The third kappa shape index (κ3) is 4.49. The fourth-order valence-corrected chi connectivity index (χ4v) is 4.68. The average molecular weight is 440 g/mol. The Bertz CT molecular complexity index is 1090. The van der Waals surface area contributed by atoms with Crippen LogP contribution in [-0.2, 0) is 10.0 Å². The van der Waals surface area contributed by atoms with E-state index in [-0.39, 0.29) is 15.7 Å². The van der Waals surface area contributed by atoms with E-state index in [4.69, 9.17) is 0 Å². The summed E-state index contributed by atoms with van der Waals surface area (Å²) < 4.78 is 53.0. The van der Waals surface area contributed by atoms with E-state index in [9.17, 15) is 22.0 Å². The van der Waals surface area contributed by atoms with Crippen molar-refractivity contribution in [3.8, 4) is 0 Å². The van der Waals surface area contributed by atoms with Gasteiger partial charge in [-0.2, -0.15) is 0 Å². The first kappa shape index (κ1) is 21.4. The van der Waals surface area contributed by atoms with Gasteiger partial charge in [0.25, 0.3) is 5.91 Å². The van der Waals surface area contributed by atoms with Crippen LogP contribution in [0.15, 0.2) is 52.4 Å². The summed E-state index contributed by atoms with van der Waals surface area (Å²) in [5.74, 6) is -2.34. The Labute approximate surface area is 172 Å². The van der Waals surface area contributed by atoms with Crippen LogP contribution in [0.5, 0.6) is 0 Å². The van der Waals surface area contributed by atoms with Crippen molar-refractivity contribution in [1.29, 1.82) is 0 Å². The lowest BCUT2D eigenvalue weighted by Crippen LogP contribution is -2.33. The predicted octanol–water partition coefficient (Wildman–Crippen LogP) is 3.48. The Hall–Kier alpha value is -2.30. The van der Waals surface area contributed by atoms with Crippen LogP contribution in [0.4, 0.5) is 14.5 Å². The number of carbonyl (C=O) groups is 1. The lowest BCUT2D eigenvalue weighted by Gasteiger charge is -2.17. The van der Waals surface area contributed by atoms with Crippen molar-refractivity contribution in [2.75, 3.05) is 20.6 Å². The molecule has 0 radical (unpaired) electrons. The zero-order chi connectivity index (χ0) is 21.3. The summed E-state index contributed by atoms with van der Waals surface area (Å²) in [6.07, 6.45) is 0.